The van der Waals surface area contributed by atoms with Crippen molar-refractivity contribution < 1.29 is 14.7 Å². The zero-order chi connectivity index (χ0) is 5.86. The van der Waals surface area contributed by atoms with Gasteiger partial charge in [0.1, 0.15) is 0 Å². The Morgan fingerprint density at radius 1 is 1.71 bits per heavy atom. The summed E-state index contributed by atoms with van der Waals surface area (Å²) >= 11 is 3.70. The van der Waals surface area contributed by atoms with Gasteiger partial charge in [0.05, 0.1) is 5.44 Å². The van der Waals surface area contributed by atoms with Gasteiger partial charge < -0.3 is 14.7 Å². The van der Waals surface area contributed by atoms with E-state index in [1.165, 1.54) is 0 Å². The molecule has 0 heterocycles. The molecule has 42 valence electrons. The number of thiol groups is 1. The molecule has 0 aromatic rings. The first-order valence-corrected chi connectivity index (χ1v) is 2.34. The Morgan fingerprint density at radius 2 is 2.14 bits per heavy atom. The third kappa shape index (κ3) is 6.29. The molecule has 0 fully saturated rings. The highest BCUT2D eigenvalue weighted by Crippen LogP contribution is 1.93. The SMILES string of the molecule is CC(S)OB(O)O. The van der Waals surface area contributed by atoms with E-state index < -0.39 is 12.8 Å². The zero-order valence-corrected chi connectivity index (χ0v) is 4.80. The predicted molar refractivity (Wildman–Crippen MR) is 29.7 cm³/mol. The van der Waals surface area contributed by atoms with Crippen LogP contribution in [0.3, 0.4) is 0 Å². The van der Waals surface area contributed by atoms with Crippen LogP contribution < -0.4 is 0 Å². The van der Waals surface area contributed by atoms with Gasteiger partial charge in [0.25, 0.3) is 0 Å². The third-order valence-corrected chi connectivity index (χ3v) is 0.440. The van der Waals surface area contributed by atoms with Crippen molar-refractivity contribution in [1.29, 1.82) is 0 Å². The molecule has 0 aromatic heterocycles. The second-order valence-corrected chi connectivity index (χ2v) is 1.79. The molecule has 0 radical (unpaired) electrons. The fraction of sp³-hybridized carbons (Fsp3) is 1.00. The van der Waals surface area contributed by atoms with E-state index in [1.54, 1.807) is 6.92 Å². The van der Waals surface area contributed by atoms with Gasteiger partial charge in [-0.05, 0) is 6.92 Å². The maximum Gasteiger partial charge on any atom is 0.634 e. The minimum Gasteiger partial charge on any atom is -0.402 e. The monoisotopic (exact) mass is 122 g/mol. The van der Waals surface area contributed by atoms with Gasteiger partial charge in [0.15, 0.2) is 0 Å². The van der Waals surface area contributed by atoms with Crippen molar-refractivity contribution in [3.8, 4) is 0 Å². The summed E-state index contributed by atoms with van der Waals surface area (Å²) in [5.74, 6) is 0. The minimum absolute atomic E-state index is 0.431. The Morgan fingerprint density at radius 3 is 2.14 bits per heavy atom. The minimum atomic E-state index is -1.70. The first-order chi connectivity index (χ1) is 3.13. The van der Waals surface area contributed by atoms with Crippen LogP contribution in [-0.2, 0) is 4.65 Å². The van der Waals surface area contributed by atoms with E-state index in [4.69, 9.17) is 10.0 Å². The summed E-state index contributed by atoms with van der Waals surface area (Å²) < 4.78 is 4.23. The average Bonchev–Trinajstić information content (AvgIpc) is 1.27. The molecule has 0 bridgehead atoms. The van der Waals surface area contributed by atoms with Gasteiger partial charge in [-0.1, -0.05) is 0 Å². The summed E-state index contributed by atoms with van der Waals surface area (Å²) in [6, 6.07) is 0. The predicted octanol–water partition coefficient (Wildman–Crippen LogP) is -0.752. The van der Waals surface area contributed by atoms with Gasteiger partial charge in [0, 0.05) is 0 Å². The molecule has 3 nitrogen and oxygen atoms in total. The quantitative estimate of drug-likeness (QED) is 0.256. The van der Waals surface area contributed by atoms with Crippen LogP contribution >= 0.6 is 12.6 Å². The molecule has 0 spiro atoms. The van der Waals surface area contributed by atoms with Crippen LogP contribution in [0.2, 0.25) is 0 Å². The molecule has 0 amide bonds. The Kier molecular flexibility index (Phi) is 3.46. The summed E-state index contributed by atoms with van der Waals surface area (Å²) in [7, 11) is -1.70. The van der Waals surface area contributed by atoms with Crippen LogP contribution in [0.15, 0.2) is 0 Å². The van der Waals surface area contributed by atoms with E-state index in [-0.39, 0.29) is 0 Å². The van der Waals surface area contributed by atoms with Crippen molar-refractivity contribution >= 4 is 20.0 Å². The summed E-state index contributed by atoms with van der Waals surface area (Å²) in [5.41, 5.74) is -0.431. The summed E-state index contributed by atoms with van der Waals surface area (Å²) in [4.78, 5) is 0. The fourth-order valence-corrected chi connectivity index (χ4v) is 0.285. The van der Waals surface area contributed by atoms with Gasteiger partial charge in [-0.3, -0.25) is 0 Å². The van der Waals surface area contributed by atoms with Gasteiger partial charge in [0.2, 0.25) is 0 Å². The Balaban J connectivity index is 2.95. The molecule has 0 rings (SSSR count). The van der Waals surface area contributed by atoms with E-state index in [0.717, 1.165) is 0 Å². The summed E-state index contributed by atoms with van der Waals surface area (Å²) in [6.07, 6.45) is 0. The van der Waals surface area contributed by atoms with Gasteiger partial charge >= 0.3 is 7.32 Å². The number of hydrogen-bond acceptors (Lipinski definition) is 4. The van der Waals surface area contributed by atoms with E-state index in [2.05, 4.69) is 17.3 Å². The third-order valence-electron chi connectivity index (χ3n) is 0.319. The maximum absolute atomic E-state index is 8.01. The first kappa shape index (κ1) is 7.29. The van der Waals surface area contributed by atoms with Gasteiger partial charge in [-0.15, -0.1) is 12.6 Å². The highest BCUT2D eigenvalue weighted by Gasteiger charge is 2.09. The smallest absolute Gasteiger partial charge is 0.402 e. The highest BCUT2D eigenvalue weighted by molar-refractivity contribution is 7.80. The molecule has 0 saturated carbocycles. The molecule has 0 aromatic carbocycles. The van der Waals surface area contributed by atoms with Crippen molar-refractivity contribution in [3.63, 3.8) is 0 Å². The van der Waals surface area contributed by atoms with Crippen LogP contribution in [0.25, 0.3) is 0 Å². The lowest BCUT2D eigenvalue weighted by Gasteiger charge is -2.02. The largest absolute Gasteiger partial charge is 0.634 e. The molecule has 2 N–H and O–H groups in total. The van der Waals surface area contributed by atoms with Crippen LogP contribution in [-0.4, -0.2) is 22.8 Å². The van der Waals surface area contributed by atoms with Gasteiger partial charge in [-0.25, -0.2) is 0 Å². The molecule has 5 heteroatoms. The molecule has 1 unspecified atom stereocenters. The molecular formula is C2H7BO3S. The maximum atomic E-state index is 8.01. The van der Waals surface area contributed by atoms with Crippen LogP contribution in [0.5, 0.6) is 0 Å². The van der Waals surface area contributed by atoms with Crippen LogP contribution in [0.1, 0.15) is 6.92 Å². The topological polar surface area (TPSA) is 49.7 Å². The summed E-state index contributed by atoms with van der Waals surface area (Å²) in [5, 5.41) is 16.0. The number of hydrogen-bond donors (Lipinski definition) is 3. The molecule has 1 atom stereocenters. The molecule has 7 heavy (non-hydrogen) atoms. The normalized spacial score (nSPS) is 13.7. The molecule has 0 saturated heterocycles. The van der Waals surface area contributed by atoms with Crippen molar-refractivity contribution in [2.45, 2.75) is 12.4 Å². The van der Waals surface area contributed by atoms with Crippen LogP contribution in [0, 0.1) is 0 Å². The molecule has 0 aliphatic carbocycles. The van der Waals surface area contributed by atoms with E-state index in [9.17, 15) is 0 Å². The Labute approximate surface area is 47.9 Å². The van der Waals surface area contributed by atoms with Crippen molar-refractivity contribution in [2.24, 2.45) is 0 Å². The average molecular weight is 122 g/mol. The van der Waals surface area contributed by atoms with Crippen molar-refractivity contribution in [2.75, 3.05) is 0 Å². The Hall–Kier alpha value is 0.295. The standard InChI is InChI=1S/C2H7BO3S/c1-2(7)6-3(4)5/h2,4-5,7H,1H3. The Bertz CT molecular complexity index is 42.2. The lowest BCUT2D eigenvalue weighted by Crippen LogP contribution is -2.20. The lowest BCUT2D eigenvalue weighted by atomic mass is 10.3. The van der Waals surface area contributed by atoms with E-state index in [1.807, 2.05) is 0 Å². The van der Waals surface area contributed by atoms with Crippen molar-refractivity contribution in [3.05, 3.63) is 0 Å². The van der Waals surface area contributed by atoms with Gasteiger partial charge in [-0.2, -0.15) is 0 Å². The fourth-order valence-electron chi connectivity index (χ4n) is 0.176. The zero-order valence-electron chi connectivity index (χ0n) is 3.90. The van der Waals surface area contributed by atoms with Crippen LogP contribution in [0.4, 0.5) is 0 Å². The molecular weight excluding hydrogens is 115 g/mol. The molecule has 0 aliphatic heterocycles. The second-order valence-electron chi connectivity index (χ2n) is 1.06. The number of rotatable bonds is 2. The van der Waals surface area contributed by atoms with Crippen molar-refractivity contribution in [1.82, 2.24) is 0 Å². The summed E-state index contributed by atoms with van der Waals surface area (Å²) in [6.45, 7) is 1.59. The highest BCUT2D eigenvalue weighted by atomic mass is 32.1. The van der Waals surface area contributed by atoms with E-state index in [0.29, 0.717) is 0 Å². The first-order valence-electron chi connectivity index (χ1n) is 1.82. The lowest BCUT2D eigenvalue weighted by molar-refractivity contribution is 0.180. The van der Waals surface area contributed by atoms with E-state index >= 15 is 0 Å². The molecule has 0 aliphatic rings. The second kappa shape index (κ2) is 3.32.